The molecule has 1 aliphatic carbocycles. The number of rotatable bonds is 3. The lowest BCUT2D eigenvalue weighted by Crippen LogP contribution is -2.61. The van der Waals surface area contributed by atoms with E-state index in [4.69, 9.17) is 4.74 Å². The van der Waals surface area contributed by atoms with Gasteiger partial charge >= 0.3 is 0 Å². The van der Waals surface area contributed by atoms with Crippen LogP contribution in [0, 0.1) is 11.3 Å². The van der Waals surface area contributed by atoms with Crippen molar-refractivity contribution in [3.63, 3.8) is 0 Å². The molecule has 144 valence electrons. The normalized spacial score (nSPS) is 24.6. The van der Waals surface area contributed by atoms with Crippen molar-refractivity contribution < 1.29 is 17.9 Å². The molecule has 0 N–H and O–H groups in total. The number of hydrogen-bond donors (Lipinski definition) is 0. The largest absolute Gasteiger partial charge is 0.363 e. The van der Waals surface area contributed by atoms with E-state index in [1.807, 2.05) is 0 Å². The van der Waals surface area contributed by atoms with Crippen molar-refractivity contribution >= 4 is 31.9 Å². The molecule has 9 heteroatoms. The summed E-state index contributed by atoms with van der Waals surface area (Å²) in [5.41, 5.74) is -1.24. The molecule has 0 unspecified atom stereocenters. The van der Waals surface area contributed by atoms with Gasteiger partial charge in [0.2, 0.25) is 15.9 Å². The summed E-state index contributed by atoms with van der Waals surface area (Å²) in [5, 5.41) is 9.43. The second kappa shape index (κ2) is 6.55. The maximum atomic E-state index is 12.9. The Bertz CT molecular complexity index is 898. The van der Waals surface area contributed by atoms with Gasteiger partial charge in [0, 0.05) is 17.6 Å². The summed E-state index contributed by atoms with van der Waals surface area (Å²) < 4.78 is 33.9. The van der Waals surface area contributed by atoms with Gasteiger partial charge in [0.15, 0.2) is 0 Å². The van der Waals surface area contributed by atoms with Crippen LogP contribution >= 0.6 is 15.9 Å². The van der Waals surface area contributed by atoms with Crippen LogP contribution in [0.1, 0.15) is 25.7 Å². The molecule has 0 aromatic heterocycles. The topological polar surface area (TPSA) is 90.7 Å². The van der Waals surface area contributed by atoms with Gasteiger partial charge in [-0.1, -0.05) is 15.9 Å². The number of amides is 1. The molecule has 1 saturated carbocycles. The van der Waals surface area contributed by atoms with Crippen molar-refractivity contribution in [1.29, 1.82) is 5.26 Å². The highest BCUT2D eigenvalue weighted by molar-refractivity contribution is 9.10. The number of piperidine rings is 1. The maximum Gasteiger partial charge on any atom is 0.249 e. The average molecular weight is 454 g/mol. The van der Waals surface area contributed by atoms with E-state index < -0.39 is 21.2 Å². The van der Waals surface area contributed by atoms with Crippen LogP contribution in [0.15, 0.2) is 33.6 Å². The van der Waals surface area contributed by atoms with Gasteiger partial charge in [0.25, 0.3) is 0 Å². The third kappa shape index (κ3) is 3.29. The zero-order valence-electron chi connectivity index (χ0n) is 14.7. The van der Waals surface area contributed by atoms with Gasteiger partial charge in [-0.25, -0.2) is 8.42 Å². The molecule has 2 aliphatic heterocycles. The Kier molecular flexibility index (Phi) is 4.58. The summed E-state index contributed by atoms with van der Waals surface area (Å²) in [6.45, 7) is 0.994. The Hall–Kier alpha value is -1.47. The zero-order chi connectivity index (χ0) is 19.3. The molecule has 0 bridgehead atoms. The SMILES string of the molecule is N#CC1(N2CC3(CCN(S(=O)(=O)c4ccc(Br)cc4)CC3)OCC2=O)CC1. The number of halogens is 1. The van der Waals surface area contributed by atoms with Crippen LogP contribution in [-0.4, -0.2) is 60.9 Å². The van der Waals surface area contributed by atoms with Gasteiger partial charge < -0.3 is 9.64 Å². The second-order valence-electron chi connectivity index (χ2n) is 7.45. The maximum absolute atomic E-state index is 12.9. The molecule has 1 aromatic carbocycles. The number of hydrogen-bond acceptors (Lipinski definition) is 5. The van der Waals surface area contributed by atoms with Gasteiger partial charge in [-0.2, -0.15) is 9.57 Å². The fourth-order valence-corrected chi connectivity index (χ4v) is 5.56. The minimum Gasteiger partial charge on any atom is -0.363 e. The van der Waals surface area contributed by atoms with Crippen LogP contribution in [0.25, 0.3) is 0 Å². The smallest absolute Gasteiger partial charge is 0.249 e. The first-order valence-electron chi connectivity index (χ1n) is 8.92. The third-order valence-electron chi connectivity index (χ3n) is 5.78. The van der Waals surface area contributed by atoms with Gasteiger partial charge in [0.05, 0.1) is 23.1 Å². The number of nitrogens with zero attached hydrogens (tertiary/aromatic N) is 3. The molecule has 27 heavy (non-hydrogen) atoms. The van der Waals surface area contributed by atoms with Crippen LogP contribution in [-0.2, 0) is 19.6 Å². The summed E-state index contributed by atoms with van der Waals surface area (Å²) >= 11 is 3.31. The Morgan fingerprint density at radius 2 is 1.74 bits per heavy atom. The van der Waals surface area contributed by atoms with Crippen LogP contribution in [0.2, 0.25) is 0 Å². The van der Waals surface area contributed by atoms with Gasteiger partial charge in [-0.3, -0.25) is 4.79 Å². The van der Waals surface area contributed by atoms with E-state index >= 15 is 0 Å². The Morgan fingerprint density at radius 3 is 2.30 bits per heavy atom. The molecular weight excluding hydrogens is 434 g/mol. The lowest BCUT2D eigenvalue weighted by atomic mass is 9.89. The summed E-state index contributed by atoms with van der Waals surface area (Å²) in [6, 6.07) is 8.87. The minimum absolute atomic E-state index is 0.0388. The average Bonchev–Trinajstić information content (AvgIpc) is 3.46. The van der Waals surface area contributed by atoms with Crippen LogP contribution < -0.4 is 0 Å². The lowest BCUT2D eigenvalue weighted by Gasteiger charge is -2.47. The van der Waals surface area contributed by atoms with Crippen molar-refractivity contribution in [2.24, 2.45) is 0 Å². The minimum atomic E-state index is -3.56. The molecule has 1 amide bonds. The molecule has 0 atom stereocenters. The number of ether oxygens (including phenoxy) is 1. The van der Waals surface area contributed by atoms with E-state index in [9.17, 15) is 18.5 Å². The molecule has 0 radical (unpaired) electrons. The van der Waals surface area contributed by atoms with E-state index in [-0.39, 0.29) is 17.4 Å². The van der Waals surface area contributed by atoms with Crippen LogP contribution in [0.5, 0.6) is 0 Å². The van der Waals surface area contributed by atoms with Crippen molar-refractivity contribution in [3.05, 3.63) is 28.7 Å². The summed E-state index contributed by atoms with van der Waals surface area (Å²) in [5.74, 6) is -0.149. The fraction of sp³-hybridized carbons (Fsp3) is 0.556. The first kappa shape index (κ1) is 18.9. The summed E-state index contributed by atoms with van der Waals surface area (Å²) in [7, 11) is -3.56. The Morgan fingerprint density at radius 1 is 1.11 bits per heavy atom. The highest BCUT2D eigenvalue weighted by atomic mass is 79.9. The number of carbonyl (C=O) groups excluding carboxylic acids is 1. The Labute approximate surface area is 167 Å². The van der Waals surface area contributed by atoms with E-state index in [2.05, 4.69) is 22.0 Å². The van der Waals surface area contributed by atoms with E-state index in [1.165, 1.54) is 4.31 Å². The second-order valence-corrected chi connectivity index (χ2v) is 10.3. The molecule has 7 nitrogen and oxygen atoms in total. The van der Waals surface area contributed by atoms with Gasteiger partial charge in [0.1, 0.15) is 12.1 Å². The van der Waals surface area contributed by atoms with E-state index in [0.29, 0.717) is 45.3 Å². The molecule has 2 saturated heterocycles. The van der Waals surface area contributed by atoms with Gasteiger partial charge in [-0.15, -0.1) is 0 Å². The number of benzene rings is 1. The van der Waals surface area contributed by atoms with Crippen molar-refractivity contribution in [2.45, 2.75) is 41.7 Å². The number of morpholine rings is 1. The molecule has 3 fully saturated rings. The van der Waals surface area contributed by atoms with Crippen molar-refractivity contribution in [2.75, 3.05) is 26.2 Å². The predicted octanol–water partition coefficient (Wildman–Crippen LogP) is 1.89. The first-order chi connectivity index (χ1) is 12.8. The number of nitriles is 1. The lowest BCUT2D eigenvalue weighted by molar-refractivity contribution is -0.173. The number of sulfonamides is 1. The summed E-state index contributed by atoms with van der Waals surface area (Å²) in [6.07, 6.45) is 2.42. The standard InChI is InChI=1S/C18H20BrN3O4S/c19-14-1-3-15(4-2-14)27(24,25)21-9-7-18(8-10-21)13-22(16(23)11-26-18)17(12-20)5-6-17/h1-4H,5-11,13H2. The molecule has 2 heterocycles. The van der Waals surface area contributed by atoms with E-state index in [0.717, 1.165) is 4.47 Å². The predicted molar refractivity (Wildman–Crippen MR) is 100 cm³/mol. The van der Waals surface area contributed by atoms with Crippen molar-refractivity contribution in [3.8, 4) is 6.07 Å². The monoisotopic (exact) mass is 453 g/mol. The molecule has 1 aromatic rings. The summed E-state index contributed by atoms with van der Waals surface area (Å²) in [4.78, 5) is 14.2. The molecule has 4 rings (SSSR count). The Balaban J connectivity index is 1.48. The quantitative estimate of drug-likeness (QED) is 0.696. The van der Waals surface area contributed by atoms with Gasteiger partial charge in [-0.05, 0) is 49.9 Å². The molecule has 1 spiro atoms. The van der Waals surface area contributed by atoms with Crippen molar-refractivity contribution in [1.82, 2.24) is 9.21 Å². The first-order valence-corrected chi connectivity index (χ1v) is 11.2. The zero-order valence-corrected chi connectivity index (χ0v) is 17.1. The van der Waals surface area contributed by atoms with E-state index in [1.54, 1.807) is 29.2 Å². The highest BCUT2D eigenvalue weighted by Crippen LogP contribution is 2.45. The van der Waals surface area contributed by atoms with Crippen LogP contribution in [0.3, 0.4) is 0 Å². The highest BCUT2D eigenvalue weighted by Gasteiger charge is 2.56. The third-order valence-corrected chi connectivity index (χ3v) is 8.22. The molecular formula is C18H20BrN3O4S. The molecule has 3 aliphatic rings. The fourth-order valence-electron chi connectivity index (χ4n) is 3.86. The number of carbonyl (C=O) groups is 1. The van der Waals surface area contributed by atoms with Crippen LogP contribution in [0.4, 0.5) is 0 Å².